The number of para-hydroxylation sites is 1. The fourth-order valence-electron chi connectivity index (χ4n) is 4.55. The van der Waals surface area contributed by atoms with Gasteiger partial charge in [-0.05, 0) is 41.0 Å². The van der Waals surface area contributed by atoms with Crippen molar-refractivity contribution in [2.45, 2.75) is 26.1 Å². The minimum Gasteiger partial charge on any atom is -0.415 e. The molecule has 0 radical (unpaired) electrons. The minimum atomic E-state index is -3.75. The lowest BCUT2D eigenvalue weighted by Gasteiger charge is -2.27. The van der Waals surface area contributed by atoms with Crippen LogP contribution in [0.4, 0.5) is 14.5 Å². The van der Waals surface area contributed by atoms with E-state index in [1.54, 1.807) is 48.5 Å². The molecule has 0 aliphatic heterocycles. The van der Waals surface area contributed by atoms with E-state index in [-0.39, 0.29) is 18.2 Å². The van der Waals surface area contributed by atoms with Gasteiger partial charge in [0.15, 0.2) is 0 Å². The second-order valence-corrected chi connectivity index (χ2v) is 11.8. The summed E-state index contributed by atoms with van der Waals surface area (Å²) in [6, 6.07) is 35.7. The standard InChI is InChI=1S/C32H30F2N4O3S/c33-30(34)32-36-35-31(41-32)28-18-16-27(17-19-28)24-38(29-14-8-3-9-15-29)42(39,40)21-20-37(22-25-10-4-1-5-11-25)23-26-12-6-2-7-13-26/h1-19,30H,20-24H2. The highest BCUT2D eigenvalue weighted by molar-refractivity contribution is 7.92. The number of halogens is 2. The van der Waals surface area contributed by atoms with Crippen LogP contribution < -0.4 is 4.31 Å². The lowest BCUT2D eigenvalue weighted by molar-refractivity contribution is 0.116. The molecule has 0 saturated heterocycles. The summed E-state index contributed by atoms with van der Waals surface area (Å²) in [6.45, 7) is 1.65. The zero-order chi connectivity index (χ0) is 29.4. The maximum absolute atomic E-state index is 13.9. The third kappa shape index (κ3) is 7.65. The predicted octanol–water partition coefficient (Wildman–Crippen LogP) is 6.71. The number of benzene rings is 4. The predicted molar refractivity (Wildman–Crippen MR) is 158 cm³/mol. The first-order valence-corrected chi connectivity index (χ1v) is 15.0. The van der Waals surface area contributed by atoms with Crippen molar-refractivity contribution >= 4 is 15.7 Å². The van der Waals surface area contributed by atoms with Crippen molar-refractivity contribution in [3.63, 3.8) is 0 Å². The Balaban J connectivity index is 1.34. The first-order valence-electron chi connectivity index (χ1n) is 13.4. The Morgan fingerprint density at radius 3 is 1.71 bits per heavy atom. The van der Waals surface area contributed by atoms with Crippen molar-refractivity contribution in [2.24, 2.45) is 0 Å². The van der Waals surface area contributed by atoms with Crippen LogP contribution >= 0.6 is 0 Å². The van der Waals surface area contributed by atoms with Gasteiger partial charge in [0.1, 0.15) is 0 Å². The van der Waals surface area contributed by atoms with Gasteiger partial charge < -0.3 is 4.42 Å². The second-order valence-electron chi connectivity index (χ2n) is 9.78. The molecule has 1 aromatic heterocycles. The van der Waals surface area contributed by atoms with Gasteiger partial charge in [-0.25, -0.2) is 8.42 Å². The van der Waals surface area contributed by atoms with Gasteiger partial charge in [-0.2, -0.15) is 8.78 Å². The Morgan fingerprint density at radius 1 is 0.667 bits per heavy atom. The molecule has 0 saturated carbocycles. The number of hydrogen-bond donors (Lipinski definition) is 0. The van der Waals surface area contributed by atoms with Gasteiger partial charge in [0.2, 0.25) is 15.9 Å². The molecule has 4 aromatic carbocycles. The summed E-state index contributed by atoms with van der Waals surface area (Å²) in [6.07, 6.45) is -2.86. The van der Waals surface area contributed by atoms with E-state index in [0.717, 1.165) is 11.1 Å². The van der Waals surface area contributed by atoms with Crippen molar-refractivity contribution in [3.05, 3.63) is 138 Å². The second kappa shape index (κ2) is 13.5. The van der Waals surface area contributed by atoms with Crippen molar-refractivity contribution in [1.29, 1.82) is 0 Å². The minimum absolute atomic E-state index is 0.0266. The molecule has 5 aromatic rings. The Labute approximate surface area is 244 Å². The normalized spacial score (nSPS) is 11.7. The molecule has 0 spiro atoms. The molecule has 0 atom stereocenters. The maximum atomic E-state index is 13.9. The van der Waals surface area contributed by atoms with E-state index in [0.29, 0.717) is 36.4 Å². The highest BCUT2D eigenvalue weighted by Gasteiger charge is 2.24. The largest absolute Gasteiger partial charge is 0.415 e. The summed E-state index contributed by atoms with van der Waals surface area (Å²) in [5.41, 5.74) is 3.94. The Kier molecular flexibility index (Phi) is 9.35. The third-order valence-corrected chi connectivity index (χ3v) is 8.41. The van der Waals surface area contributed by atoms with Crippen LogP contribution in [-0.4, -0.2) is 35.8 Å². The summed E-state index contributed by atoms with van der Waals surface area (Å²) >= 11 is 0. The van der Waals surface area contributed by atoms with Gasteiger partial charge in [-0.15, -0.1) is 10.2 Å². The van der Waals surface area contributed by atoms with Crippen molar-refractivity contribution in [3.8, 4) is 11.5 Å². The summed E-state index contributed by atoms with van der Waals surface area (Å²) in [5.74, 6) is -0.858. The molecular weight excluding hydrogens is 558 g/mol. The summed E-state index contributed by atoms with van der Waals surface area (Å²) < 4.78 is 59.9. The topological polar surface area (TPSA) is 79.5 Å². The highest BCUT2D eigenvalue weighted by atomic mass is 32.2. The van der Waals surface area contributed by atoms with Gasteiger partial charge in [0, 0.05) is 25.2 Å². The van der Waals surface area contributed by atoms with Crippen LogP contribution in [0.25, 0.3) is 11.5 Å². The highest BCUT2D eigenvalue weighted by Crippen LogP contribution is 2.26. The van der Waals surface area contributed by atoms with Gasteiger partial charge in [0.25, 0.3) is 5.89 Å². The van der Waals surface area contributed by atoms with E-state index in [1.807, 2.05) is 66.7 Å². The summed E-state index contributed by atoms with van der Waals surface area (Å²) in [5, 5.41) is 7.04. The van der Waals surface area contributed by atoms with E-state index in [4.69, 9.17) is 4.42 Å². The van der Waals surface area contributed by atoms with Gasteiger partial charge in [0.05, 0.1) is 18.0 Å². The number of sulfonamides is 1. The van der Waals surface area contributed by atoms with Gasteiger partial charge in [-0.1, -0.05) is 91.0 Å². The Bertz CT molecular complexity index is 1610. The monoisotopic (exact) mass is 588 g/mol. The maximum Gasteiger partial charge on any atom is 0.314 e. The van der Waals surface area contributed by atoms with E-state index < -0.39 is 22.3 Å². The van der Waals surface area contributed by atoms with Crippen LogP contribution in [0.3, 0.4) is 0 Å². The molecule has 0 unspecified atom stereocenters. The Morgan fingerprint density at radius 2 is 1.19 bits per heavy atom. The van der Waals surface area contributed by atoms with E-state index in [1.165, 1.54) is 4.31 Å². The molecule has 0 fully saturated rings. The zero-order valence-electron chi connectivity index (χ0n) is 22.8. The van der Waals surface area contributed by atoms with Crippen LogP contribution in [-0.2, 0) is 29.7 Å². The van der Waals surface area contributed by atoms with E-state index in [2.05, 4.69) is 15.1 Å². The molecule has 42 heavy (non-hydrogen) atoms. The number of alkyl halides is 2. The fourth-order valence-corrected chi connectivity index (χ4v) is 6.05. The lowest BCUT2D eigenvalue weighted by Crippen LogP contribution is -2.37. The van der Waals surface area contributed by atoms with Crippen LogP contribution in [0.5, 0.6) is 0 Å². The first-order chi connectivity index (χ1) is 20.4. The molecule has 1 heterocycles. The first kappa shape index (κ1) is 29.1. The molecule has 0 bridgehead atoms. The zero-order valence-corrected chi connectivity index (χ0v) is 23.6. The fraction of sp³-hybridized carbons (Fsp3) is 0.188. The van der Waals surface area contributed by atoms with Crippen molar-refractivity contribution < 1.29 is 21.6 Å². The van der Waals surface area contributed by atoms with Crippen LogP contribution in [0.15, 0.2) is 120 Å². The smallest absolute Gasteiger partial charge is 0.314 e. The molecule has 10 heteroatoms. The molecule has 7 nitrogen and oxygen atoms in total. The average Bonchev–Trinajstić information content (AvgIpc) is 3.52. The number of rotatable bonds is 13. The van der Waals surface area contributed by atoms with Crippen molar-refractivity contribution in [2.75, 3.05) is 16.6 Å². The molecular formula is C32H30F2N4O3S. The lowest BCUT2D eigenvalue weighted by atomic mass is 10.1. The molecule has 0 aliphatic rings. The van der Waals surface area contributed by atoms with Crippen LogP contribution in [0.1, 0.15) is 29.0 Å². The third-order valence-electron chi connectivity index (χ3n) is 6.70. The van der Waals surface area contributed by atoms with E-state index in [9.17, 15) is 17.2 Å². The molecule has 0 amide bonds. The number of nitrogens with zero attached hydrogens (tertiary/aromatic N) is 4. The number of hydrogen-bond acceptors (Lipinski definition) is 6. The number of aromatic nitrogens is 2. The molecule has 216 valence electrons. The van der Waals surface area contributed by atoms with Crippen LogP contribution in [0, 0.1) is 0 Å². The molecule has 0 aliphatic carbocycles. The van der Waals surface area contributed by atoms with Gasteiger partial charge >= 0.3 is 6.43 Å². The van der Waals surface area contributed by atoms with Crippen LogP contribution in [0.2, 0.25) is 0 Å². The Hall–Kier alpha value is -4.41. The van der Waals surface area contributed by atoms with Gasteiger partial charge in [-0.3, -0.25) is 9.21 Å². The average molecular weight is 589 g/mol. The molecule has 5 rings (SSSR count). The van der Waals surface area contributed by atoms with E-state index >= 15 is 0 Å². The number of anilines is 1. The SMILES string of the molecule is O=S(=O)(CCN(Cc1ccccc1)Cc1ccccc1)N(Cc1ccc(-c2nnc(C(F)F)o2)cc1)c1ccccc1. The van der Waals surface area contributed by atoms with Crippen molar-refractivity contribution in [1.82, 2.24) is 15.1 Å². The quantitative estimate of drug-likeness (QED) is 0.152. The summed E-state index contributed by atoms with van der Waals surface area (Å²) in [7, 11) is -3.75. The summed E-state index contributed by atoms with van der Waals surface area (Å²) in [4.78, 5) is 2.14. The molecule has 0 N–H and O–H groups in total.